The van der Waals surface area contributed by atoms with Crippen LogP contribution in [0.25, 0.3) is 16.8 Å². The molecule has 0 radical (unpaired) electrons. The molecule has 4 aromatic rings. The zero-order chi connectivity index (χ0) is 28.6. The predicted molar refractivity (Wildman–Crippen MR) is 151 cm³/mol. The standard InChI is InChI=1S/C28H30FN7O3S/c1-4-21-26(33(3)28-31-25(24(15-30)40-28)18-5-7-19(29)8-6-18)22-14-20(13-17(2)36(22)32-21)34-9-11-35(12-10-34)27(39)23(38)16-37/h5-8,13-14,23,37-38H,4,9-12,16H2,1-3H3. The third-order valence-electron chi connectivity index (χ3n) is 7.15. The van der Waals surface area contributed by atoms with Gasteiger partial charge in [-0.15, -0.1) is 0 Å². The maximum Gasteiger partial charge on any atom is 0.253 e. The fraction of sp³-hybridized carbons (Fsp3) is 0.357. The van der Waals surface area contributed by atoms with Crippen molar-refractivity contribution in [2.24, 2.45) is 0 Å². The number of benzene rings is 1. The SMILES string of the molecule is CCc1nn2c(C)cc(N3CCN(C(=O)C(O)CO)CC3)cc2c1N(C)c1nc(-c2ccc(F)cc2)c(C#N)s1. The number of hydrogen-bond donors (Lipinski definition) is 2. The van der Waals surface area contributed by atoms with E-state index in [2.05, 4.69) is 23.1 Å². The highest BCUT2D eigenvalue weighted by molar-refractivity contribution is 7.16. The number of anilines is 3. The van der Waals surface area contributed by atoms with Crippen molar-refractivity contribution in [1.29, 1.82) is 5.26 Å². The number of pyridine rings is 1. The number of nitriles is 1. The van der Waals surface area contributed by atoms with Crippen molar-refractivity contribution in [2.45, 2.75) is 26.4 Å². The van der Waals surface area contributed by atoms with Crippen LogP contribution in [-0.4, -0.2) is 81.6 Å². The molecule has 3 aromatic heterocycles. The van der Waals surface area contributed by atoms with E-state index < -0.39 is 18.6 Å². The molecular weight excluding hydrogens is 533 g/mol. The summed E-state index contributed by atoms with van der Waals surface area (Å²) in [6, 6.07) is 12.3. The summed E-state index contributed by atoms with van der Waals surface area (Å²) in [7, 11) is 1.91. The summed E-state index contributed by atoms with van der Waals surface area (Å²) in [4.78, 5) is 23.2. The Morgan fingerprint density at radius 1 is 1.23 bits per heavy atom. The summed E-state index contributed by atoms with van der Waals surface area (Å²) in [6.07, 6.45) is -0.704. The Morgan fingerprint density at radius 3 is 2.55 bits per heavy atom. The van der Waals surface area contributed by atoms with Crippen molar-refractivity contribution in [3.63, 3.8) is 0 Å². The van der Waals surface area contributed by atoms with Crippen molar-refractivity contribution < 1.29 is 19.4 Å². The van der Waals surface area contributed by atoms with Gasteiger partial charge in [0.25, 0.3) is 5.91 Å². The van der Waals surface area contributed by atoms with Gasteiger partial charge in [0.15, 0.2) is 11.2 Å². The largest absolute Gasteiger partial charge is 0.393 e. The van der Waals surface area contributed by atoms with Crippen LogP contribution in [0.2, 0.25) is 0 Å². The minimum Gasteiger partial charge on any atom is -0.393 e. The van der Waals surface area contributed by atoms with E-state index in [0.29, 0.717) is 53.9 Å². The van der Waals surface area contributed by atoms with Crippen LogP contribution < -0.4 is 9.80 Å². The first kappa shape index (κ1) is 27.5. The Labute approximate surface area is 235 Å². The van der Waals surface area contributed by atoms with E-state index in [4.69, 9.17) is 15.2 Å². The summed E-state index contributed by atoms with van der Waals surface area (Å²) in [5, 5.41) is 34.1. The summed E-state index contributed by atoms with van der Waals surface area (Å²) < 4.78 is 15.4. The molecular formula is C28H30FN7O3S. The molecule has 1 fully saturated rings. The molecule has 5 rings (SSSR count). The summed E-state index contributed by atoms with van der Waals surface area (Å²) in [6.45, 7) is 5.49. The van der Waals surface area contributed by atoms with Crippen LogP contribution in [0.5, 0.6) is 0 Å². The van der Waals surface area contributed by atoms with E-state index in [1.54, 1.807) is 17.0 Å². The van der Waals surface area contributed by atoms with Crippen LogP contribution in [0.4, 0.5) is 20.9 Å². The molecule has 1 aliphatic rings. The highest BCUT2D eigenvalue weighted by atomic mass is 32.1. The number of halogens is 1. The number of amides is 1. The Bertz CT molecular complexity index is 1590. The van der Waals surface area contributed by atoms with Gasteiger partial charge in [-0.3, -0.25) is 4.79 Å². The van der Waals surface area contributed by atoms with Crippen LogP contribution >= 0.6 is 11.3 Å². The summed E-state index contributed by atoms with van der Waals surface area (Å²) >= 11 is 1.27. The lowest BCUT2D eigenvalue weighted by Crippen LogP contribution is -2.52. The van der Waals surface area contributed by atoms with E-state index in [1.807, 2.05) is 30.3 Å². The fourth-order valence-corrected chi connectivity index (χ4v) is 5.87. The van der Waals surface area contributed by atoms with Gasteiger partial charge in [-0.1, -0.05) is 18.3 Å². The van der Waals surface area contributed by atoms with Crippen LogP contribution in [0, 0.1) is 24.1 Å². The number of carbonyl (C=O) groups excluding carboxylic acids is 1. The molecule has 1 saturated heterocycles. The van der Waals surface area contributed by atoms with Crippen LogP contribution in [0.3, 0.4) is 0 Å². The number of rotatable bonds is 7. The maximum atomic E-state index is 13.5. The number of carbonyl (C=O) groups is 1. The molecule has 40 heavy (non-hydrogen) atoms. The second-order valence-corrected chi connectivity index (χ2v) is 10.6. The van der Waals surface area contributed by atoms with Gasteiger partial charge >= 0.3 is 0 Å². The van der Waals surface area contributed by atoms with E-state index in [-0.39, 0.29) is 5.82 Å². The molecule has 1 amide bonds. The van der Waals surface area contributed by atoms with Crippen LogP contribution in [-0.2, 0) is 11.2 Å². The van der Waals surface area contributed by atoms with Gasteiger partial charge in [-0.05, 0) is 49.7 Å². The normalized spacial score (nSPS) is 14.4. The number of hydrogen-bond acceptors (Lipinski definition) is 9. The maximum absolute atomic E-state index is 13.5. The van der Waals surface area contributed by atoms with E-state index in [1.165, 1.54) is 23.5 Å². The second kappa shape index (κ2) is 11.2. The Morgan fingerprint density at radius 2 is 1.93 bits per heavy atom. The van der Waals surface area contributed by atoms with Crippen LogP contribution in [0.15, 0.2) is 36.4 Å². The molecule has 1 atom stereocenters. The van der Waals surface area contributed by atoms with Gasteiger partial charge in [-0.2, -0.15) is 10.4 Å². The smallest absolute Gasteiger partial charge is 0.253 e. The topological polar surface area (TPSA) is 121 Å². The molecule has 0 saturated carbocycles. The first-order valence-corrected chi connectivity index (χ1v) is 13.8. The van der Waals surface area contributed by atoms with Crippen molar-refractivity contribution in [3.8, 4) is 17.3 Å². The Balaban J connectivity index is 1.49. The number of aromatic nitrogens is 3. The van der Waals surface area contributed by atoms with Crippen LogP contribution in [0.1, 0.15) is 23.2 Å². The third-order valence-corrected chi connectivity index (χ3v) is 8.18. The van der Waals surface area contributed by atoms with E-state index in [9.17, 15) is 19.6 Å². The molecule has 0 aliphatic carbocycles. The number of fused-ring (bicyclic) bond motifs is 1. The van der Waals surface area contributed by atoms with Gasteiger partial charge < -0.3 is 24.9 Å². The lowest BCUT2D eigenvalue weighted by Gasteiger charge is -2.37. The van der Waals surface area contributed by atoms with Gasteiger partial charge in [0.1, 0.15) is 22.5 Å². The Kier molecular flexibility index (Phi) is 7.71. The zero-order valence-electron chi connectivity index (χ0n) is 22.5. The number of nitrogens with zero attached hydrogens (tertiary/aromatic N) is 7. The summed E-state index contributed by atoms with van der Waals surface area (Å²) in [5.41, 5.74) is 5.77. The van der Waals surface area contributed by atoms with Gasteiger partial charge in [-0.25, -0.2) is 13.9 Å². The molecule has 208 valence electrons. The molecule has 0 bridgehead atoms. The second-order valence-electron chi connectivity index (χ2n) is 9.66. The molecule has 10 nitrogen and oxygen atoms in total. The lowest BCUT2D eigenvalue weighted by atomic mass is 10.1. The first-order chi connectivity index (χ1) is 19.2. The molecule has 1 unspecified atom stereocenters. The summed E-state index contributed by atoms with van der Waals surface area (Å²) in [5.74, 6) is -0.808. The zero-order valence-corrected chi connectivity index (χ0v) is 23.3. The highest BCUT2D eigenvalue weighted by Crippen LogP contribution is 2.39. The minimum atomic E-state index is -1.39. The monoisotopic (exact) mass is 563 g/mol. The quantitative estimate of drug-likeness (QED) is 0.352. The van der Waals surface area contributed by atoms with Crippen molar-refractivity contribution in [3.05, 3.63) is 58.5 Å². The molecule has 0 spiro atoms. The number of piperazine rings is 1. The first-order valence-electron chi connectivity index (χ1n) is 13.0. The van der Waals surface area contributed by atoms with E-state index in [0.717, 1.165) is 28.3 Å². The van der Waals surface area contributed by atoms with E-state index >= 15 is 0 Å². The molecule has 12 heteroatoms. The minimum absolute atomic E-state index is 0.351. The fourth-order valence-electron chi connectivity index (χ4n) is 5.01. The van der Waals surface area contributed by atoms with Gasteiger partial charge in [0.05, 0.1) is 23.5 Å². The molecule has 1 aromatic carbocycles. The average Bonchev–Trinajstić information content (AvgIpc) is 3.58. The Hall–Kier alpha value is -4.05. The third kappa shape index (κ3) is 4.99. The average molecular weight is 564 g/mol. The molecule has 2 N–H and O–H groups in total. The van der Waals surface area contributed by atoms with Crippen molar-refractivity contribution in [1.82, 2.24) is 19.5 Å². The van der Waals surface area contributed by atoms with Crippen molar-refractivity contribution in [2.75, 3.05) is 49.6 Å². The predicted octanol–water partition coefficient (Wildman–Crippen LogP) is 3.11. The molecule has 1 aliphatic heterocycles. The van der Waals surface area contributed by atoms with Crippen molar-refractivity contribution >= 4 is 39.3 Å². The number of aryl methyl sites for hydroxylation is 2. The number of aliphatic hydroxyl groups is 2. The molecule has 4 heterocycles. The van der Waals surface area contributed by atoms with Gasteiger partial charge in [0, 0.05) is 50.2 Å². The lowest BCUT2D eigenvalue weighted by molar-refractivity contribution is -0.142. The highest BCUT2D eigenvalue weighted by Gasteiger charge is 2.27. The van der Waals surface area contributed by atoms with Gasteiger partial charge in [0.2, 0.25) is 0 Å². The number of aliphatic hydroxyl groups excluding tert-OH is 2. The number of thiazole rings is 1.